The largest absolute Gasteiger partial charge is 0.331 e. The molecule has 0 atom stereocenters. The van der Waals surface area contributed by atoms with E-state index in [-0.39, 0.29) is 5.41 Å². The molecule has 0 bridgehead atoms. The number of imidazole rings is 1. The van der Waals surface area contributed by atoms with E-state index in [1.54, 1.807) is 0 Å². The first-order valence-electron chi connectivity index (χ1n) is 5.80. The summed E-state index contributed by atoms with van der Waals surface area (Å²) in [6, 6.07) is 6.43. The van der Waals surface area contributed by atoms with Gasteiger partial charge >= 0.3 is 0 Å². The van der Waals surface area contributed by atoms with Crippen molar-refractivity contribution >= 4 is 11.0 Å². The first kappa shape index (κ1) is 9.85. The summed E-state index contributed by atoms with van der Waals surface area (Å²) >= 11 is 0. The molecule has 0 amide bonds. The lowest BCUT2D eigenvalue weighted by Crippen LogP contribution is -2.23. The second kappa shape index (κ2) is 3.08. The molecular formula is C13H17N3. The molecule has 0 spiro atoms. The van der Waals surface area contributed by atoms with Gasteiger partial charge in [0.05, 0.1) is 11.0 Å². The van der Waals surface area contributed by atoms with Crippen LogP contribution in [0.1, 0.15) is 24.2 Å². The first-order valence-corrected chi connectivity index (χ1v) is 5.80. The van der Waals surface area contributed by atoms with E-state index in [9.17, 15) is 0 Å². The average Bonchev–Trinajstić information content (AvgIpc) is 3.00. The minimum atomic E-state index is 0.168. The van der Waals surface area contributed by atoms with Gasteiger partial charge in [-0.25, -0.2) is 4.98 Å². The van der Waals surface area contributed by atoms with Crippen LogP contribution in [0.4, 0.5) is 0 Å². The predicted octanol–water partition coefficient (Wildman–Crippen LogP) is 1.87. The molecular weight excluding hydrogens is 198 g/mol. The van der Waals surface area contributed by atoms with Crippen LogP contribution in [0.25, 0.3) is 11.0 Å². The van der Waals surface area contributed by atoms with E-state index in [0.29, 0.717) is 6.54 Å². The van der Waals surface area contributed by atoms with Gasteiger partial charge in [-0.2, -0.15) is 0 Å². The number of hydrogen-bond donors (Lipinski definition) is 1. The van der Waals surface area contributed by atoms with Crippen molar-refractivity contribution in [3.05, 3.63) is 29.6 Å². The number of aryl methyl sites for hydroxylation is 2. The second-order valence-electron chi connectivity index (χ2n) is 4.97. The SMILES string of the molecule is Cc1ccc2c(c1)nc(C1(CN)CC1)n2C. The molecule has 0 saturated heterocycles. The molecule has 16 heavy (non-hydrogen) atoms. The Balaban J connectivity index is 2.23. The number of nitrogens with two attached hydrogens (primary N) is 1. The highest BCUT2D eigenvalue weighted by atomic mass is 15.1. The molecule has 0 aliphatic heterocycles. The molecule has 84 valence electrons. The Morgan fingerprint density at radius 1 is 1.44 bits per heavy atom. The maximum absolute atomic E-state index is 5.87. The summed E-state index contributed by atoms with van der Waals surface area (Å²) in [5.74, 6) is 1.16. The van der Waals surface area contributed by atoms with Gasteiger partial charge in [0.1, 0.15) is 5.82 Å². The molecule has 1 aliphatic carbocycles. The summed E-state index contributed by atoms with van der Waals surface area (Å²) in [6.45, 7) is 2.81. The van der Waals surface area contributed by atoms with Gasteiger partial charge in [-0.3, -0.25) is 0 Å². The Labute approximate surface area is 95.3 Å². The van der Waals surface area contributed by atoms with Crippen LogP contribution in [0, 0.1) is 6.92 Å². The number of aromatic nitrogens is 2. The van der Waals surface area contributed by atoms with Gasteiger partial charge in [-0.1, -0.05) is 6.07 Å². The zero-order valence-corrected chi connectivity index (χ0v) is 9.83. The fraction of sp³-hybridized carbons (Fsp3) is 0.462. The third-order valence-electron chi connectivity index (χ3n) is 3.75. The van der Waals surface area contributed by atoms with Crippen molar-refractivity contribution in [2.75, 3.05) is 6.54 Å². The highest BCUT2D eigenvalue weighted by Crippen LogP contribution is 2.47. The molecule has 1 aromatic carbocycles. The highest BCUT2D eigenvalue weighted by molar-refractivity contribution is 5.77. The standard InChI is InChI=1S/C13H17N3/c1-9-3-4-11-10(7-9)15-12(16(11)2)13(8-14)5-6-13/h3-4,7H,5-6,8,14H2,1-2H3. The summed E-state index contributed by atoms with van der Waals surface area (Å²) in [4.78, 5) is 4.76. The normalized spacial score (nSPS) is 17.9. The van der Waals surface area contributed by atoms with Crippen molar-refractivity contribution in [3.8, 4) is 0 Å². The minimum Gasteiger partial charge on any atom is -0.331 e. The zero-order valence-electron chi connectivity index (χ0n) is 9.83. The van der Waals surface area contributed by atoms with E-state index < -0.39 is 0 Å². The fourth-order valence-electron chi connectivity index (χ4n) is 2.45. The molecule has 0 unspecified atom stereocenters. The van der Waals surface area contributed by atoms with Crippen LogP contribution < -0.4 is 5.73 Å². The molecule has 2 aromatic rings. The fourth-order valence-corrected chi connectivity index (χ4v) is 2.45. The smallest absolute Gasteiger partial charge is 0.117 e. The topological polar surface area (TPSA) is 43.8 Å². The van der Waals surface area contributed by atoms with Crippen LogP contribution in [-0.4, -0.2) is 16.1 Å². The van der Waals surface area contributed by atoms with Crippen LogP contribution in [0.15, 0.2) is 18.2 Å². The van der Waals surface area contributed by atoms with E-state index in [4.69, 9.17) is 10.7 Å². The number of rotatable bonds is 2. The summed E-state index contributed by atoms with van der Waals surface area (Å²) < 4.78 is 2.20. The third-order valence-corrected chi connectivity index (χ3v) is 3.75. The molecule has 3 nitrogen and oxygen atoms in total. The van der Waals surface area contributed by atoms with Crippen molar-refractivity contribution < 1.29 is 0 Å². The van der Waals surface area contributed by atoms with Gasteiger partial charge < -0.3 is 10.3 Å². The molecule has 1 aliphatic rings. The zero-order chi connectivity index (χ0) is 11.3. The van der Waals surface area contributed by atoms with Crippen molar-refractivity contribution in [2.45, 2.75) is 25.2 Å². The lowest BCUT2D eigenvalue weighted by Gasteiger charge is -2.11. The maximum atomic E-state index is 5.87. The third kappa shape index (κ3) is 1.21. The van der Waals surface area contributed by atoms with E-state index in [2.05, 4.69) is 36.7 Å². The van der Waals surface area contributed by atoms with Crippen molar-refractivity contribution in [3.63, 3.8) is 0 Å². The monoisotopic (exact) mass is 215 g/mol. The first-order chi connectivity index (χ1) is 7.66. The molecule has 1 heterocycles. The summed E-state index contributed by atoms with van der Waals surface area (Å²) in [5.41, 5.74) is 9.60. The van der Waals surface area contributed by atoms with Gasteiger partial charge in [0.15, 0.2) is 0 Å². The summed E-state index contributed by atoms with van der Waals surface area (Å²) in [6.07, 6.45) is 2.36. The maximum Gasteiger partial charge on any atom is 0.117 e. The second-order valence-corrected chi connectivity index (χ2v) is 4.97. The lowest BCUT2D eigenvalue weighted by molar-refractivity contribution is 0.621. The molecule has 1 aromatic heterocycles. The van der Waals surface area contributed by atoms with E-state index >= 15 is 0 Å². The molecule has 3 rings (SSSR count). The molecule has 1 saturated carbocycles. The Morgan fingerprint density at radius 3 is 2.81 bits per heavy atom. The molecule has 2 N–H and O–H groups in total. The van der Waals surface area contributed by atoms with Gasteiger partial charge in [-0.15, -0.1) is 0 Å². The van der Waals surface area contributed by atoms with E-state index in [1.165, 1.54) is 23.9 Å². The van der Waals surface area contributed by atoms with Crippen LogP contribution in [-0.2, 0) is 12.5 Å². The number of nitrogens with zero attached hydrogens (tertiary/aromatic N) is 2. The average molecular weight is 215 g/mol. The Hall–Kier alpha value is -1.35. The molecule has 3 heteroatoms. The summed E-state index contributed by atoms with van der Waals surface area (Å²) in [5, 5.41) is 0. The van der Waals surface area contributed by atoms with Crippen LogP contribution in [0.3, 0.4) is 0 Å². The van der Waals surface area contributed by atoms with Gasteiger partial charge in [0.25, 0.3) is 0 Å². The Kier molecular flexibility index (Phi) is 1.89. The van der Waals surface area contributed by atoms with Crippen LogP contribution >= 0.6 is 0 Å². The number of fused-ring (bicyclic) bond motifs is 1. The van der Waals surface area contributed by atoms with Crippen LogP contribution in [0.2, 0.25) is 0 Å². The van der Waals surface area contributed by atoms with Gasteiger partial charge in [-0.05, 0) is 37.5 Å². The number of hydrogen-bond acceptors (Lipinski definition) is 2. The molecule has 0 radical (unpaired) electrons. The van der Waals surface area contributed by atoms with E-state index in [0.717, 1.165) is 11.3 Å². The quantitative estimate of drug-likeness (QED) is 0.831. The number of benzene rings is 1. The summed E-state index contributed by atoms with van der Waals surface area (Å²) in [7, 11) is 2.09. The minimum absolute atomic E-state index is 0.168. The predicted molar refractivity (Wildman–Crippen MR) is 65.4 cm³/mol. The van der Waals surface area contributed by atoms with Gasteiger partial charge in [0, 0.05) is 19.0 Å². The van der Waals surface area contributed by atoms with Crippen molar-refractivity contribution in [1.82, 2.24) is 9.55 Å². The Morgan fingerprint density at radius 2 is 2.19 bits per heavy atom. The Bertz CT molecular complexity index is 550. The molecule has 1 fully saturated rings. The van der Waals surface area contributed by atoms with Crippen molar-refractivity contribution in [2.24, 2.45) is 12.8 Å². The highest BCUT2D eigenvalue weighted by Gasteiger charge is 2.46. The van der Waals surface area contributed by atoms with E-state index in [1.807, 2.05) is 0 Å². The van der Waals surface area contributed by atoms with Crippen LogP contribution in [0.5, 0.6) is 0 Å². The lowest BCUT2D eigenvalue weighted by atomic mass is 10.1. The van der Waals surface area contributed by atoms with Gasteiger partial charge in [0.2, 0.25) is 0 Å². The van der Waals surface area contributed by atoms with Crippen molar-refractivity contribution in [1.29, 1.82) is 0 Å².